The molecule has 9 nitrogen and oxygen atoms in total. The molecule has 0 aliphatic rings. The number of fused-ring (bicyclic) bond motifs is 3. The van der Waals surface area contributed by atoms with E-state index >= 15 is 0 Å². The Hall–Kier alpha value is -3.50. The Morgan fingerprint density at radius 3 is 2.67 bits per heavy atom. The Kier molecular flexibility index (Phi) is 6.85. The molecule has 2 aromatic carbocycles. The molecule has 0 spiro atoms. The number of aromatic amines is 1. The first-order valence-electron chi connectivity index (χ1n) is 10.2. The molecule has 2 N–H and O–H groups in total. The largest absolute Gasteiger partial charge is 0.493 e. The molecule has 33 heavy (non-hydrogen) atoms. The lowest BCUT2D eigenvalue weighted by Crippen LogP contribution is -2.29. The van der Waals surface area contributed by atoms with Crippen LogP contribution >= 0.6 is 11.8 Å². The zero-order valence-corrected chi connectivity index (χ0v) is 19.3. The first-order chi connectivity index (χ1) is 16.1. The van der Waals surface area contributed by atoms with Crippen molar-refractivity contribution in [1.29, 1.82) is 0 Å². The predicted molar refractivity (Wildman–Crippen MR) is 128 cm³/mol. The summed E-state index contributed by atoms with van der Waals surface area (Å²) in [5, 5.41) is 4.02. The van der Waals surface area contributed by atoms with E-state index in [1.165, 1.54) is 23.4 Å². The van der Waals surface area contributed by atoms with Crippen molar-refractivity contribution in [3.63, 3.8) is 0 Å². The number of carbonyl (C=O) groups is 1. The van der Waals surface area contributed by atoms with Crippen molar-refractivity contribution in [2.24, 2.45) is 0 Å². The van der Waals surface area contributed by atoms with E-state index in [4.69, 9.17) is 19.2 Å². The second-order valence-corrected chi connectivity index (χ2v) is 8.04. The molecule has 10 heteroatoms. The Labute approximate surface area is 194 Å². The van der Waals surface area contributed by atoms with E-state index in [1.807, 2.05) is 24.3 Å². The van der Waals surface area contributed by atoms with E-state index in [1.54, 1.807) is 32.4 Å². The SMILES string of the molecule is COCCNC(=O)CSc1nc2c([nH]c3ccccc32)c(=O)n1-c1ccc(OC)c(OC)c1. The number of nitrogens with one attached hydrogen (secondary N) is 2. The summed E-state index contributed by atoms with van der Waals surface area (Å²) >= 11 is 1.19. The predicted octanol–water partition coefficient (Wildman–Crippen LogP) is 2.74. The van der Waals surface area contributed by atoms with Gasteiger partial charge in [0.05, 0.1) is 32.3 Å². The van der Waals surface area contributed by atoms with Crippen molar-refractivity contribution in [2.45, 2.75) is 5.16 Å². The van der Waals surface area contributed by atoms with Crippen molar-refractivity contribution in [1.82, 2.24) is 19.9 Å². The van der Waals surface area contributed by atoms with Crippen molar-refractivity contribution >= 4 is 39.6 Å². The fourth-order valence-corrected chi connectivity index (χ4v) is 4.34. The van der Waals surface area contributed by atoms with Crippen LogP contribution in [0.4, 0.5) is 0 Å². The quantitative estimate of drug-likeness (QED) is 0.221. The van der Waals surface area contributed by atoms with E-state index in [-0.39, 0.29) is 17.2 Å². The second kappa shape index (κ2) is 9.97. The topological polar surface area (TPSA) is 107 Å². The lowest BCUT2D eigenvalue weighted by atomic mass is 10.2. The van der Waals surface area contributed by atoms with Gasteiger partial charge in [-0.2, -0.15) is 0 Å². The molecule has 1 amide bonds. The summed E-state index contributed by atoms with van der Waals surface area (Å²) in [7, 11) is 4.65. The van der Waals surface area contributed by atoms with Crippen LogP contribution in [0.2, 0.25) is 0 Å². The summed E-state index contributed by atoms with van der Waals surface area (Å²) < 4.78 is 17.2. The number of methoxy groups -OCH3 is 3. The van der Waals surface area contributed by atoms with Crippen LogP contribution in [0, 0.1) is 0 Å². The molecule has 0 aliphatic heterocycles. The highest BCUT2D eigenvalue weighted by Gasteiger charge is 2.19. The number of nitrogens with zero attached hydrogens (tertiary/aromatic N) is 2. The van der Waals surface area contributed by atoms with Crippen LogP contribution in [0.25, 0.3) is 27.6 Å². The minimum atomic E-state index is -0.272. The Morgan fingerprint density at radius 2 is 1.91 bits per heavy atom. The molecule has 0 radical (unpaired) electrons. The molecule has 0 atom stereocenters. The van der Waals surface area contributed by atoms with Gasteiger partial charge in [0.15, 0.2) is 16.7 Å². The smallest absolute Gasteiger partial charge is 0.283 e. The van der Waals surface area contributed by atoms with E-state index in [0.717, 1.165) is 10.9 Å². The lowest BCUT2D eigenvalue weighted by molar-refractivity contribution is -0.118. The van der Waals surface area contributed by atoms with E-state index in [2.05, 4.69) is 10.3 Å². The number of amides is 1. The number of rotatable bonds is 9. The highest BCUT2D eigenvalue weighted by molar-refractivity contribution is 7.99. The normalized spacial score (nSPS) is 11.1. The lowest BCUT2D eigenvalue weighted by Gasteiger charge is -2.14. The number of aromatic nitrogens is 3. The van der Waals surface area contributed by atoms with Gasteiger partial charge in [0.2, 0.25) is 5.91 Å². The maximum absolute atomic E-state index is 13.6. The molecular formula is C23H24N4O5S. The summed E-state index contributed by atoms with van der Waals surface area (Å²) in [6.45, 7) is 0.833. The Bertz CT molecular complexity index is 1360. The molecule has 0 fully saturated rings. The summed E-state index contributed by atoms with van der Waals surface area (Å²) in [5.74, 6) is 0.939. The van der Waals surface area contributed by atoms with Crippen LogP contribution < -0.4 is 20.3 Å². The molecule has 0 saturated carbocycles. The van der Waals surface area contributed by atoms with Gasteiger partial charge in [-0.25, -0.2) is 4.98 Å². The van der Waals surface area contributed by atoms with Gasteiger partial charge in [0.25, 0.3) is 5.56 Å². The maximum atomic E-state index is 13.6. The van der Waals surface area contributed by atoms with Gasteiger partial charge in [0.1, 0.15) is 11.0 Å². The van der Waals surface area contributed by atoms with Crippen LogP contribution in [-0.4, -0.2) is 60.7 Å². The summed E-state index contributed by atoms with van der Waals surface area (Å²) in [6, 6.07) is 12.8. The molecule has 0 bridgehead atoms. The van der Waals surface area contributed by atoms with Gasteiger partial charge in [-0.05, 0) is 18.2 Å². The Balaban J connectivity index is 1.83. The third-order valence-corrected chi connectivity index (χ3v) is 6.02. The van der Waals surface area contributed by atoms with Gasteiger partial charge in [-0.1, -0.05) is 30.0 Å². The zero-order chi connectivity index (χ0) is 23.4. The number of hydrogen-bond acceptors (Lipinski definition) is 7. The van der Waals surface area contributed by atoms with E-state index in [0.29, 0.717) is 46.5 Å². The van der Waals surface area contributed by atoms with Gasteiger partial charge < -0.3 is 24.5 Å². The van der Waals surface area contributed by atoms with Crippen molar-refractivity contribution in [3.8, 4) is 17.2 Å². The van der Waals surface area contributed by atoms with Gasteiger partial charge in [-0.15, -0.1) is 0 Å². The average Bonchev–Trinajstić information content (AvgIpc) is 3.21. The Morgan fingerprint density at radius 1 is 1.12 bits per heavy atom. The number of H-pyrrole nitrogens is 1. The standard InChI is InChI=1S/C23H24N4O5S/c1-30-11-10-24-19(28)13-33-23-26-20-15-6-4-5-7-16(15)25-21(20)22(29)27(23)14-8-9-17(31-2)18(12-14)32-3/h4-9,12,25H,10-11,13H2,1-3H3,(H,24,28). The number of benzene rings is 2. The van der Waals surface area contributed by atoms with Crippen LogP contribution in [-0.2, 0) is 9.53 Å². The first-order valence-corrected chi connectivity index (χ1v) is 11.2. The molecule has 0 aliphatic carbocycles. The van der Waals surface area contributed by atoms with Gasteiger partial charge >= 0.3 is 0 Å². The highest BCUT2D eigenvalue weighted by atomic mass is 32.2. The molecule has 172 valence electrons. The maximum Gasteiger partial charge on any atom is 0.283 e. The van der Waals surface area contributed by atoms with Crippen molar-refractivity contribution < 1.29 is 19.0 Å². The average molecular weight is 469 g/mol. The molecule has 0 saturated heterocycles. The van der Waals surface area contributed by atoms with Crippen LogP contribution in [0.1, 0.15) is 0 Å². The molecule has 2 aromatic heterocycles. The third kappa shape index (κ3) is 4.53. The summed E-state index contributed by atoms with van der Waals surface area (Å²) in [6.07, 6.45) is 0. The molecular weight excluding hydrogens is 444 g/mol. The van der Waals surface area contributed by atoms with Crippen molar-refractivity contribution in [2.75, 3.05) is 40.2 Å². The number of hydrogen-bond donors (Lipinski definition) is 2. The van der Waals surface area contributed by atoms with E-state index in [9.17, 15) is 9.59 Å². The first kappa shape index (κ1) is 22.7. The van der Waals surface area contributed by atoms with Crippen molar-refractivity contribution in [3.05, 3.63) is 52.8 Å². The minimum absolute atomic E-state index is 0.0945. The fourth-order valence-electron chi connectivity index (χ4n) is 3.50. The number of para-hydroxylation sites is 1. The molecule has 2 heterocycles. The summed E-state index contributed by atoms with van der Waals surface area (Å²) in [4.78, 5) is 33.9. The second-order valence-electron chi connectivity index (χ2n) is 7.10. The minimum Gasteiger partial charge on any atom is -0.493 e. The van der Waals surface area contributed by atoms with E-state index < -0.39 is 0 Å². The monoisotopic (exact) mass is 468 g/mol. The molecule has 0 unspecified atom stereocenters. The van der Waals surface area contributed by atoms with Gasteiger partial charge in [-0.3, -0.25) is 14.2 Å². The third-order valence-electron chi connectivity index (χ3n) is 5.08. The fraction of sp³-hybridized carbons (Fsp3) is 0.261. The highest BCUT2D eigenvalue weighted by Crippen LogP contribution is 2.31. The van der Waals surface area contributed by atoms with Crippen LogP contribution in [0.3, 0.4) is 0 Å². The molecule has 4 rings (SSSR count). The number of thioether (sulfide) groups is 1. The van der Waals surface area contributed by atoms with Crippen LogP contribution in [0.15, 0.2) is 52.4 Å². The van der Waals surface area contributed by atoms with Crippen LogP contribution in [0.5, 0.6) is 11.5 Å². The summed E-state index contributed by atoms with van der Waals surface area (Å²) in [5.41, 5.74) is 2.05. The van der Waals surface area contributed by atoms with Gasteiger partial charge in [0, 0.05) is 30.6 Å². The molecule has 4 aromatic rings. The number of ether oxygens (including phenoxy) is 3. The number of carbonyl (C=O) groups excluding carboxylic acids is 1. The zero-order valence-electron chi connectivity index (χ0n) is 18.5.